The molecule has 1 aliphatic carbocycles. The van der Waals surface area contributed by atoms with E-state index < -0.39 is 0 Å². The molecule has 1 aromatic rings. The van der Waals surface area contributed by atoms with Gasteiger partial charge in [0.1, 0.15) is 6.04 Å². The highest BCUT2D eigenvalue weighted by molar-refractivity contribution is 6.35. The molecule has 1 heterocycles. The summed E-state index contributed by atoms with van der Waals surface area (Å²) in [5.74, 6) is -0.263. The fourth-order valence-corrected chi connectivity index (χ4v) is 3.97. The monoisotopic (exact) mass is 356 g/mol. The Morgan fingerprint density at radius 2 is 1.91 bits per heavy atom. The summed E-state index contributed by atoms with van der Waals surface area (Å²) >= 11 is 11.8. The summed E-state index contributed by atoms with van der Waals surface area (Å²) in [6.07, 6.45) is 4.61. The minimum Gasteiger partial charge on any atom is -0.342 e. The van der Waals surface area contributed by atoms with E-state index in [1.54, 1.807) is 18.2 Å². The van der Waals surface area contributed by atoms with Gasteiger partial charge in [0.05, 0.1) is 12.5 Å². The van der Waals surface area contributed by atoms with Crippen molar-refractivity contribution in [3.63, 3.8) is 0 Å². The standard InChI is InChI=1S/C16H19Cl2N3O2/c17-9-5-10(18)7-11(6-9)19-15(22)8-14-16(23)21-13-4-2-1-3-12(13)20-14/h5-7,12-14,20H,1-4,8H2,(H,19,22)(H,21,23)/p+1/t12-,13+,14+/m1/s1. The molecule has 0 radical (unpaired) electrons. The number of piperazine rings is 1. The largest absolute Gasteiger partial charge is 0.342 e. The third kappa shape index (κ3) is 4.16. The Morgan fingerprint density at radius 1 is 1.22 bits per heavy atom. The number of halogens is 2. The van der Waals surface area contributed by atoms with Crippen LogP contribution >= 0.6 is 23.2 Å². The van der Waals surface area contributed by atoms with Crippen molar-refractivity contribution in [2.24, 2.45) is 0 Å². The molecule has 7 heteroatoms. The normalized spacial score (nSPS) is 27.0. The van der Waals surface area contributed by atoms with Crippen LogP contribution in [0.5, 0.6) is 0 Å². The third-order valence-electron chi connectivity index (χ3n) is 4.51. The van der Waals surface area contributed by atoms with Gasteiger partial charge >= 0.3 is 0 Å². The minimum absolute atomic E-state index is 0.0487. The van der Waals surface area contributed by atoms with Crippen molar-refractivity contribution in [1.29, 1.82) is 0 Å². The van der Waals surface area contributed by atoms with E-state index in [-0.39, 0.29) is 30.3 Å². The molecular formula is C16H20Cl2N3O2+. The van der Waals surface area contributed by atoms with E-state index in [1.165, 1.54) is 6.42 Å². The van der Waals surface area contributed by atoms with Crippen molar-refractivity contribution in [2.75, 3.05) is 5.32 Å². The molecule has 0 bridgehead atoms. The zero-order valence-electron chi connectivity index (χ0n) is 12.6. The van der Waals surface area contributed by atoms with Gasteiger partial charge in [0, 0.05) is 22.2 Å². The number of rotatable bonds is 3. The molecule has 4 N–H and O–H groups in total. The van der Waals surface area contributed by atoms with Crippen LogP contribution in [0.3, 0.4) is 0 Å². The number of anilines is 1. The molecule has 1 saturated carbocycles. The van der Waals surface area contributed by atoms with Gasteiger partial charge in [-0.1, -0.05) is 29.6 Å². The highest BCUT2D eigenvalue weighted by atomic mass is 35.5. The van der Waals surface area contributed by atoms with Gasteiger partial charge in [0.25, 0.3) is 5.91 Å². The summed E-state index contributed by atoms with van der Waals surface area (Å²) in [5, 5.41) is 8.80. The van der Waals surface area contributed by atoms with Crippen molar-refractivity contribution in [2.45, 2.75) is 50.2 Å². The second-order valence-electron chi connectivity index (χ2n) is 6.27. The van der Waals surface area contributed by atoms with Crippen LogP contribution in [0.15, 0.2) is 18.2 Å². The second-order valence-corrected chi connectivity index (χ2v) is 7.15. The smallest absolute Gasteiger partial charge is 0.279 e. The number of fused-ring (bicyclic) bond motifs is 1. The summed E-state index contributed by atoms with van der Waals surface area (Å²) in [6, 6.07) is 5.14. The molecule has 0 aromatic heterocycles. The molecule has 2 aliphatic rings. The Morgan fingerprint density at radius 3 is 2.65 bits per heavy atom. The lowest BCUT2D eigenvalue weighted by molar-refractivity contribution is -0.718. The fourth-order valence-electron chi connectivity index (χ4n) is 3.44. The van der Waals surface area contributed by atoms with Crippen LogP contribution in [0.25, 0.3) is 0 Å². The van der Waals surface area contributed by atoms with Gasteiger partial charge < -0.3 is 16.0 Å². The summed E-state index contributed by atoms with van der Waals surface area (Å²) < 4.78 is 0. The number of nitrogens with one attached hydrogen (secondary N) is 2. The molecule has 3 atom stereocenters. The first kappa shape index (κ1) is 16.6. The zero-order chi connectivity index (χ0) is 16.4. The average molecular weight is 357 g/mol. The first-order chi connectivity index (χ1) is 11.0. The molecule has 1 aromatic carbocycles. The summed E-state index contributed by atoms with van der Waals surface area (Å²) in [7, 11) is 0. The van der Waals surface area contributed by atoms with Crippen LogP contribution in [0.2, 0.25) is 10.0 Å². The van der Waals surface area contributed by atoms with Crippen molar-refractivity contribution in [3.05, 3.63) is 28.2 Å². The number of benzene rings is 1. The Kier molecular flexibility index (Phi) is 5.09. The second kappa shape index (κ2) is 7.07. The van der Waals surface area contributed by atoms with Crippen molar-refractivity contribution >= 4 is 40.7 Å². The molecule has 1 saturated heterocycles. The van der Waals surface area contributed by atoms with Gasteiger partial charge in [-0.3, -0.25) is 9.59 Å². The summed E-state index contributed by atoms with van der Waals surface area (Å²) in [6.45, 7) is 0. The van der Waals surface area contributed by atoms with Gasteiger partial charge in [-0.25, -0.2) is 0 Å². The van der Waals surface area contributed by atoms with Crippen LogP contribution in [-0.2, 0) is 9.59 Å². The predicted molar refractivity (Wildman–Crippen MR) is 89.6 cm³/mol. The Bertz CT molecular complexity index is 603. The number of amides is 2. The summed E-state index contributed by atoms with van der Waals surface area (Å²) in [4.78, 5) is 24.4. The van der Waals surface area contributed by atoms with E-state index in [0.717, 1.165) is 19.3 Å². The van der Waals surface area contributed by atoms with Crippen molar-refractivity contribution < 1.29 is 14.9 Å². The number of carbonyl (C=O) groups excluding carboxylic acids is 2. The Hall–Kier alpha value is -1.30. The molecule has 124 valence electrons. The average Bonchev–Trinajstić information content (AvgIpc) is 2.46. The van der Waals surface area contributed by atoms with E-state index in [9.17, 15) is 9.59 Å². The fraction of sp³-hybridized carbons (Fsp3) is 0.500. The highest BCUT2D eigenvalue weighted by Crippen LogP contribution is 2.23. The molecule has 0 spiro atoms. The van der Waals surface area contributed by atoms with Gasteiger partial charge in [-0.2, -0.15) is 0 Å². The number of nitrogens with two attached hydrogens (primary N) is 1. The predicted octanol–water partition coefficient (Wildman–Crippen LogP) is 1.69. The number of quaternary nitrogens is 1. The SMILES string of the molecule is O=C(C[C@@H]1[NH2+][C@@H]2CCCC[C@@H]2NC1=O)Nc1cc(Cl)cc(Cl)c1. The molecule has 5 nitrogen and oxygen atoms in total. The lowest BCUT2D eigenvalue weighted by Crippen LogP contribution is -3.03. The first-order valence-electron chi connectivity index (χ1n) is 7.92. The molecule has 23 heavy (non-hydrogen) atoms. The van der Waals surface area contributed by atoms with Crippen molar-refractivity contribution in [1.82, 2.24) is 5.32 Å². The first-order valence-corrected chi connectivity index (χ1v) is 8.68. The van der Waals surface area contributed by atoms with E-state index >= 15 is 0 Å². The van der Waals surface area contributed by atoms with E-state index in [2.05, 4.69) is 16.0 Å². The lowest BCUT2D eigenvalue weighted by Gasteiger charge is -2.37. The summed E-state index contributed by atoms with van der Waals surface area (Å²) in [5.41, 5.74) is 0.541. The van der Waals surface area contributed by atoms with E-state index in [0.29, 0.717) is 21.8 Å². The maximum absolute atomic E-state index is 12.2. The Labute approximate surface area is 145 Å². The van der Waals surface area contributed by atoms with Crippen LogP contribution in [0.1, 0.15) is 32.1 Å². The Balaban J connectivity index is 1.59. The quantitative estimate of drug-likeness (QED) is 0.770. The van der Waals surface area contributed by atoms with Gasteiger partial charge in [0.15, 0.2) is 6.04 Å². The molecule has 2 amide bonds. The van der Waals surface area contributed by atoms with Gasteiger partial charge in [0.2, 0.25) is 5.91 Å². The number of hydrogen-bond acceptors (Lipinski definition) is 2. The van der Waals surface area contributed by atoms with Gasteiger partial charge in [-0.05, 0) is 31.0 Å². The number of carbonyl (C=O) groups is 2. The highest BCUT2D eigenvalue weighted by Gasteiger charge is 2.40. The van der Waals surface area contributed by atoms with E-state index in [1.807, 2.05) is 0 Å². The molecular weight excluding hydrogens is 337 g/mol. The third-order valence-corrected chi connectivity index (χ3v) is 4.95. The molecule has 0 unspecified atom stereocenters. The minimum atomic E-state index is -0.371. The molecule has 1 aliphatic heterocycles. The van der Waals surface area contributed by atoms with Crippen LogP contribution in [0, 0.1) is 0 Å². The topological polar surface area (TPSA) is 74.8 Å². The van der Waals surface area contributed by atoms with Gasteiger partial charge in [-0.15, -0.1) is 0 Å². The van der Waals surface area contributed by atoms with Crippen molar-refractivity contribution in [3.8, 4) is 0 Å². The maximum atomic E-state index is 12.2. The van der Waals surface area contributed by atoms with Crippen LogP contribution < -0.4 is 16.0 Å². The zero-order valence-corrected chi connectivity index (χ0v) is 14.2. The van der Waals surface area contributed by atoms with E-state index in [4.69, 9.17) is 23.2 Å². The van der Waals surface area contributed by atoms with Crippen LogP contribution in [0.4, 0.5) is 5.69 Å². The molecule has 3 rings (SSSR count). The lowest BCUT2D eigenvalue weighted by atomic mass is 9.87. The number of hydrogen-bond donors (Lipinski definition) is 3. The molecule has 2 fully saturated rings. The maximum Gasteiger partial charge on any atom is 0.279 e. The van der Waals surface area contributed by atoms with Crippen LogP contribution in [-0.4, -0.2) is 29.9 Å².